The van der Waals surface area contributed by atoms with E-state index >= 15 is 0 Å². The Bertz CT molecular complexity index is 1400. The van der Waals surface area contributed by atoms with E-state index in [2.05, 4.69) is 50.2 Å². The van der Waals surface area contributed by atoms with Crippen molar-refractivity contribution in [2.75, 3.05) is 20.2 Å². The number of benzene rings is 2. The lowest BCUT2D eigenvalue weighted by Crippen LogP contribution is -2.48. The van der Waals surface area contributed by atoms with Gasteiger partial charge in [-0.05, 0) is 116 Å². The predicted molar refractivity (Wildman–Crippen MR) is 188 cm³/mol. The van der Waals surface area contributed by atoms with Gasteiger partial charge in [0.1, 0.15) is 17.6 Å². The molecule has 262 valence electrons. The number of aryl methyl sites for hydroxylation is 1. The van der Waals surface area contributed by atoms with Crippen LogP contribution in [0.1, 0.15) is 133 Å². The summed E-state index contributed by atoms with van der Waals surface area (Å²) in [5, 5.41) is 0. The minimum absolute atomic E-state index is 0.0496. The summed E-state index contributed by atoms with van der Waals surface area (Å²) >= 11 is 0. The first-order valence-electron chi connectivity index (χ1n) is 18.6. The molecule has 6 atom stereocenters. The second-order valence-electron chi connectivity index (χ2n) is 14.9. The topological polar surface area (TPSA) is 82.1 Å². The molecule has 3 aliphatic carbocycles. The van der Waals surface area contributed by atoms with Gasteiger partial charge < -0.3 is 19.1 Å². The Morgan fingerprint density at radius 3 is 2.33 bits per heavy atom. The van der Waals surface area contributed by atoms with Gasteiger partial charge in [-0.15, -0.1) is 0 Å². The van der Waals surface area contributed by atoms with Gasteiger partial charge in [0.15, 0.2) is 0 Å². The Hall–Kier alpha value is -3.35. The van der Waals surface area contributed by atoms with Gasteiger partial charge in [-0.3, -0.25) is 14.4 Å². The van der Waals surface area contributed by atoms with Gasteiger partial charge in [-0.1, -0.05) is 57.7 Å². The van der Waals surface area contributed by atoms with Crippen LogP contribution in [0.2, 0.25) is 0 Å². The Morgan fingerprint density at radius 1 is 0.875 bits per heavy atom. The van der Waals surface area contributed by atoms with Crippen LogP contribution in [0.25, 0.3) is 0 Å². The van der Waals surface area contributed by atoms with E-state index in [1.165, 1.54) is 30.5 Å². The summed E-state index contributed by atoms with van der Waals surface area (Å²) in [6.07, 6.45) is 13.1. The standard InChI is InChI=1S/C41H57NO6/c1-6-7-24-42(5)39(45)13-11-9-8-10-12-25-46-32-17-14-30(15-18-32)36-27-41(4)37(22-23-38(41)48-29(3)44)35-20-16-31-26-33(47-28(2)43)19-21-34(31)40(35)36/h14-15,17-19,21,26,35-38,40H,6-13,16,20,22-25,27H2,1-5H3/t35-,36+,37-,38-,40+,41-/m0/s1. The molecule has 1 amide bonds. The molecule has 0 unspecified atom stereocenters. The van der Waals surface area contributed by atoms with Gasteiger partial charge in [0.25, 0.3) is 0 Å². The molecule has 48 heavy (non-hydrogen) atoms. The van der Waals surface area contributed by atoms with Crippen LogP contribution in [-0.2, 0) is 25.5 Å². The van der Waals surface area contributed by atoms with Crippen LogP contribution in [0.5, 0.6) is 11.5 Å². The summed E-state index contributed by atoms with van der Waals surface area (Å²) in [6, 6.07) is 14.9. The molecule has 3 aliphatic rings. The molecule has 0 saturated heterocycles. The number of fused-ring (bicyclic) bond motifs is 5. The fourth-order valence-electron chi connectivity index (χ4n) is 9.21. The fourth-order valence-corrected chi connectivity index (χ4v) is 9.21. The number of rotatable bonds is 15. The summed E-state index contributed by atoms with van der Waals surface area (Å²) in [4.78, 5) is 37.9. The third kappa shape index (κ3) is 8.44. The van der Waals surface area contributed by atoms with Crippen LogP contribution in [0.3, 0.4) is 0 Å². The molecule has 2 aromatic rings. The van der Waals surface area contributed by atoms with Crippen molar-refractivity contribution in [1.29, 1.82) is 0 Å². The van der Waals surface area contributed by atoms with E-state index in [9.17, 15) is 14.4 Å². The first kappa shape index (κ1) is 35.9. The number of amides is 1. The Morgan fingerprint density at radius 2 is 1.60 bits per heavy atom. The summed E-state index contributed by atoms with van der Waals surface area (Å²) in [7, 11) is 1.92. The molecule has 0 heterocycles. The first-order chi connectivity index (χ1) is 23.1. The zero-order valence-electron chi connectivity index (χ0n) is 29.9. The van der Waals surface area contributed by atoms with Crippen LogP contribution < -0.4 is 9.47 Å². The number of ether oxygens (including phenoxy) is 3. The largest absolute Gasteiger partial charge is 0.494 e. The van der Waals surface area contributed by atoms with Crippen molar-refractivity contribution in [3.05, 3.63) is 59.2 Å². The van der Waals surface area contributed by atoms with Gasteiger partial charge in [-0.25, -0.2) is 0 Å². The first-order valence-corrected chi connectivity index (χ1v) is 18.6. The summed E-state index contributed by atoms with van der Waals surface area (Å²) in [6.45, 7) is 9.05. The molecule has 2 aromatic carbocycles. The van der Waals surface area contributed by atoms with E-state index in [0.29, 0.717) is 36.5 Å². The lowest BCUT2D eigenvalue weighted by Gasteiger charge is -2.54. The third-order valence-electron chi connectivity index (χ3n) is 11.6. The predicted octanol–water partition coefficient (Wildman–Crippen LogP) is 8.77. The van der Waals surface area contributed by atoms with Crippen molar-refractivity contribution in [3.63, 3.8) is 0 Å². The smallest absolute Gasteiger partial charge is 0.308 e. The van der Waals surface area contributed by atoms with E-state index in [0.717, 1.165) is 89.3 Å². The average Bonchev–Trinajstić information content (AvgIpc) is 3.38. The van der Waals surface area contributed by atoms with Gasteiger partial charge >= 0.3 is 11.9 Å². The highest BCUT2D eigenvalue weighted by Gasteiger charge is 2.59. The van der Waals surface area contributed by atoms with Crippen molar-refractivity contribution in [2.45, 2.75) is 129 Å². The van der Waals surface area contributed by atoms with Crippen LogP contribution >= 0.6 is 0 Å². The van der Waals surface area contributed by atoms with E-state index in [1.54, 1.807) is 0 Å². The van der Waals surface area contributed by atoms with Crippen molar-refractivity contribution in [1.82, 2.24) is 4.90 Å². The van der Waals surface area contributed by atoms with E-state index in [1.807, 2.05) is 18.0 Å². The van der Waals surface area contributed by atoms with Gasteiger partial charge in [0, 0.05) is 39.3 Å². The highest BCUT2D eigenvalue weighted by atomic mass is 16.5. The number of nitrogens with zero attached hydrogens (tertiary/aromatic N) is 1. The Kier molecular flexibility index (Phi) is 12.3. The van der Waals surface area contributed by atoms with E-state index < -0.39 is 0 Å². The van der Waals surface area contributed by atoms with Crippen molar-refractivity contribution in [2.24, 2.45) is 17.3 Å². The summed E-state index contributed by atoms with van der Waals surface area (Å²) in [5.74, 6) is 2.92. The third-order valence-corrected chi connectivity index (χ3v) is 11.6. The highest BCUT2D eigenvalue weighted by Crippen LogP contribution is 2.65. The minimum atomic E-state index is -0.297. The number of carbonyl (C=O) groups excluding carboxylic acids is 3. The molecule has 0 spiro atoms. The minimum Gasteiger partial charge on any atom is -0.494 e. The molecule has 5 rings (SSSR count). The van der Waals surface area contributed by atoms with Crippen LogP contribution in [0.15, 0.2) is 42.5 Å². The highest BCUT2D eigenvalue weighted by molar-refractivity contribution is 5.75. The molecule has 2 fully saturated rings. The van der Waals surface area contributed by atoms with Crippen molar-refractivity contribution < 1.29 is 28.6 Å². The van der Waals surface area contributed by atoms with Gasteiger partial charge in [0.2, 0.25) is 5.91 Å². The zero-order chi connectivity index (χ0) is 34.3. The molecule has 0 radical (unpaired) electrons. The van der Waals surface area contributed by atoms with E-state index in [-0.39, 0.29) is 35.3 Å². The fraction of sp³-hybridized carbons (Fsp3) is 0.634. The van der Waals surface area contributed by atoms with Crippen molar-refractivity contribution >= 4 is 17.8 Å². The van der Waals surface area contributed by atoms with Crippen LogP contribution in [-0.4, -0.2) is 49.0 Å². The lowest BCUT2D eigenvalue weighted by atomic mass is 9.51. The van der Waals surface area contributed by atoms with Gasteiger partial charge in [0.05, 0.1) is 6.61 Å². The zero-order valence-corrected chi connectivity index (χ0v) is 29.9. The lowest BCUT2D eigenvalue weighted by molar-refractivity contribution is -0.155. The molecular weight excluding hydrogens is 602 g/mol. The molecule has 0 aromatic heterocycles. The molecule has 0 bridgehead atoms. The summed E-state index contributed by atoms with van der Waals surface area (Å²) < 4.78 is 17.6. The molecule has 2 saturated carbocycles. The quantitative estimate of drug-likeness (QED) is 0.108. The molecular formula is C41H57NO6. The normalized spacial score (nSPS) is 25.7. The maximum absolute atomic E-state index is 12.2. The maximum Gasteiger partial charge on any atom is 0.308 e. The van der Waals surface area contributed by atoms with Crippen molar-refractivity contribution in [3.8, 4) is 11.5 Å². The summed E-state index contributed by atoms with van der Waals surface area (Å²) in [5.41, 5.74) is 3.89. The van der Waals surface area contributed by atoms with E-state index in [4.69, 9.17) is 14.2 Å². The number of unbranched alkanes of at least 4 members (excludes halogenated alkanes) is 5. The van der Waals surface area contributed by atoms with Crippen LogP contribution in [0.4, 0.5) is 0 Å². The number of carbonyl (C=O) groups is 3. The average molecular weight is 660 g/mol. The SMILES string of the molecule is CCCCN(C)C(=O)CCCCCCCOc1ccc([C@H]2C[C@]3(C)[C@@H](OC(C)=O)CC[C@H]3[C@@H]3CCc4cc(OC(C)=O)ccc4[C@H]32)cc1. The number of hydrogen-bond acceptors (Lipinski definition) is 6. The Labute approximate surface area is 288 Å². The Balaban J connectivity index is 1.21. The molecule has 0 aliphatic heterocycles. The second kappa shape index (κ2) is 16.4. The molecule has 0 N–H and O–H groups in total. The number of hydrogen-bond donors (Lipinski definition) is 0. The maximum atomic E-state index is 12.2. The second-order valence-corrected chi connectivity index (χ2v) is 14.9. The monoisotopic (exact) mass is 659 g/mol. The molecule has 7 heteroatoms. The van der Waals surface area contributed by atoms with Gasteiger partial charge in [-0.2, -0.15) is 0 Å². The number of esters is 2. The van der Waals surface area contributed by atoms with Crippen LogP contribution in [0, 0.1) is 17.3 Å². The molecule has 7 nitrogen and oxygen atoms in total.